The highest BCUT2D eigenvalue weighted by molar-refractivity contribution is 6.06. The van der Waals surface area contributed by atoms with Crippen LogP contribution in [0.15, 0.2) is 34.7 Å². The van der Waals surface area contributed by atoms with Crippen LogP contribution in [0.1, 0.15) is 10.5 Å². The summed E-state index contributed by atoms with van der Waals surface area (Å²) in [6.07, 6.45) is -0.596. The standard InChI is InChI=1S/C20H25N3O4/c1-21-7-9-22(10-8-21)12-14(24)13-23-16(20(25)26-2)11-18-19(23)15-5-3-4-6-17(15)27-18/h3-6,11,14,24H,7-10,12-13H2,1-2H3. The van der Waals surface area contributed by atoms with Gasteiger partial charge in [0, 0.05) is 44.2 Å². The highest BCUT2D eigenvalue weighted by Crippen LogP contribution is 2.32. The third-order valence-corrected chi connectivity index (χ3v) is 5.28. The van der Waals surface area contributed by atoms with E-state index in [2.05, 4.69) is 16.8 Å². The van der Waals surface area contributed by atoms with Crippen molar-refractivity contribution in [3.63, 3.8) is 0 Å². The number of para-hydroxylation sites is 1. The van der Waals surface area contributed by atoms with Gasteiger partial charge < -0.3 is 23.7 Å². The molecule has 7 heteroatoms. The van der Waals surface area contributed by atoms with Crippen molar-refractivity contribution in [1.82, 2.24) is 14.4 Å². The van der Waals surface area contributed by atoms with Crippen molar-refractivity contribution in [3.05, 3.63) is 36.0 Å². The summed E-state index contributed by atoms with van der Waals surface area (Å²) in [6, 6.07) is 9.42. The van der Waals surface area contributed by atoms with Gasteiger partial charge in [0.25, 0.3) is 0 Å². The molecule has 3 heterocycles. The smallest absolute Gasteiger partial charge is 0.354 e. The second-order valence-corrected chi connectivity index (χ2v) is 7.20. The molecule has 0 saturated carbocycles. The second kappa shape index (κ2) is 7.34. The van der Waals surface area contributed by atoms with Crippen molar-refractivity contribution >= 4 is 28.0 Å². The van der Waals surface area contributed by atoms with Gasteiger partial charge >= 0.3 is 5.97 Å². The lowest BCUT2D eigenvalue weighted by Crippen LogP contribution is -2.47. The number of furan rings is 1. The van der Waals surface area contributed by atoms with Gasteiger partial charge in [-0.05, 0) is 19.2 Å². The molecule has 1 atom stereocenters. The number of fused-ring (bicyclic) bond motifs is 3. The van der Waals surface area contributed by atoms with E-state index in [9.17, 15) is 9.90 Å². The summed E-state index contributed by atoms with van der Waals surface area (Å²) in [5, 5.41) is 11.7. The summed E-state index contributed by atoms with van der Waals surface area (Å²) in [6.45, 7) is 4.76. The Morgan fingerprint density at radius 2 is 1.93 bits per heavy atom. The fourth-order valence-electron chi connectivity index (χ4n) is 3.81. The number of hydrogen-bond donors (Lipinski definition) is 1. The molecule has 4 rings (SSSR count). The van der Waals surface area contributed by atoms with Gasteiger partial charge in [-0.15, -0.1) is 0 Å². The Kier molecular flexibility index (Phi) is 4.90. The number of β-amino-alcohol motifs (C(OH)–C–C–N with tert-alkyl or cyclic N) is 1. The first-order chi connectivity index (χ1) is 13.1. The van der Waals surface area contributed by atoms with Crippen molar-refractivity contribution < 1.29 is 19.1 Å². The zero-order valence-electron chi connectivity index (χ0n) is 15.7. The molecule has 3 aromatic rings. The summed E-state index contributed by atoms with van der Waals surface area (Å²) < 4.78 is 12.6. The molecule has 144 valence electrons. The number of rotatable bonds is 5. The number of carbonyl (C=O) groups excluding carboxylic acids is 1. The average Bonchev–Trinajstić information content (AvgIpc) is 3.19. The lowest BCUT2D eigenvalue weighted by atomic mass is 10.2. The van der Waals surface area contributed by atoms with Gasteiger partial charge in [-0.1, -0.05) is 12.1 Å². The monoisotopic (exact) mass is 371 g/mol. The molecule has 1 aliphatic heterocycles. The first-order valence-electron chi connectivity index (χ1n) is 9.25. The first kappa shape index (κ1) is 18.0. The molecule has 0 aliphatic carbocycles. The minimum atomic E-state index is -0.596. The molecule has 0 spiro atoms. The molecule has 0 bridgehead atoms. The van der Waals surface area contributed by atoms with Crippen LogP contribution in [-0.4, -0.2) is 78.4 Å². The first-order valence-corrected chi connectivity index (χ1v) is 9.25. The zero-order valence-corrected chi connectivity index (χ0v) is 15.7. The quantitative estimate of drug-likeness (QED) is 0.690. The molecule has 1 unspecified atom stereocenters. The van der Waals surface area contributed by atoms with E-state index in [0.29, 0.717) is 24.4 Å². The number of benzene rings is 1. The van der Waals surface area contributed by atoms with Gasteiger partial charge in [-0.25, -0.2) is 4.79 Å². The van der Waals surface area contributed by atoms with Crippen LogP contribution in [0.2, 0.25) is 0 Å². The molecular formula is C20H25N3O4. The number of carbonyl (C=O) groups is 1. The van der Waals surface area contributed by atoms with Crippen LogP contribution in [-0.2, 0) is 11.3 Å². The minimum absolute atomic E-state index is 0.309. The molecule has 1 N–H and O–H groups in total. The van der Waals surface area contributed by atoms with E-state index < -0.39 is 12.1 Å². The van der Waals surface area contributed by atoms with Crippen molar-refractivity contribution in [3.8, 4) is 0 Å². The number of aromatic nitrogens is 1. The molecule has 0 radical (unpaired) electrons. The number of methoxy groups -OCH3 is 1. The number of aliphatic hydroxyl groups excluding tert-OH is 1. The van der Waals surface area contributed by atoms with Gasteiger partial charge in [0.15, 0.2) is 5.58 Å². The lowest BCUT2D eigenvalue weighted by Gasteiger charge is -2.33. The summed E-state index contributed by atoms with van der Waals surface area (Å²) in [5.41, 5.74) is 2.61. The molecule has 1 saturated heterocycles. The summed E-state index contributed by atoms with van der Waals surface area (Å²) in [4.78, 5) is 16.8. The molecule has 7 nitrogen and oxygen atoms in total. The Morgan fingerprint density at radius 3 is 2.67 bits per heavy atom. The molecule has 27 heavy (non-hydrogen) atoms. The fraction of sp³-hybridized carbons (Fsp3) is 0.450. The largest absolute Gasteiger partial charge is 0.464 e. The van der Waals surface area contributed by atoms with Crippen LogP contribution in [0.25, 0.3) is 22.1 Å². The molecule has 1 aliphatic rings. The molecular weight excluding hydrogens is 346 g/mol. The summed E-state index contributed by atoms with van der Waals surface area (Å²) in [7, 11) is 3.47. The zero-order chi connectivity index (χ0) is 19.0. The Labute approximate surface area is 157 Å². The predicted octanol–water partition coefficient (Wildman–Crippen LogP) is 1.78. The lowest BCUT2D eigenvalue weighted by molar-refractivity contribution is 0.0567. The van der Waals surface area contributed by atoms with Crippen LogP contribution in [0.3, 0.4) is 0 Å². The third-order valence-electron chi connectivity index (χ3n) is 5.28. The fourth-order valence-corrected chi connectivity index (χ4v) is 3.81. The Hall–Kier alpha value is -2.35. The molecule has 1 fully saturated rings. The van der Waals surface area contributed by atoms with E-state index in [-0.39, 0.29) is 0 Å². The van der Waals surface area contributed by atoms with E-state index in [1.807, 2.05) is 28.8 Å². The maximum absolute atomic E-state index is 12.3. The highest BCUT2D eigenvalue weighted by Gasteiger charge is 2.24. The van der Waals surface area contributed by atoms with Crippen LogP contribution in [0.4, 0.5) is 0 Å². The van der Waals surface area contributed by atoms with Crippen molar-refractivity contribution in [1.29, 1.82) is 0 Å². The maximum atomic E-state index is 12.3. The van der Waals surface area contributed by atoms with Gasteiger partial charge in [0.2, 0.25) is 0 Å². The van der Waals surface area contributed by atoms with Crippen LogP contribution in [0, 0.1) is 0 Å². The molecule has 0 amide bonds. The van der Waals surface area contributed by atoms with E-state index in [1.54, 1.807) is 6.07 Å². The Bertz CT molecular complexity index is 953. The SMILES string of the molecule is COC(=O)c1cc2oc3ccccc3c2n1CC(O)CN1CCN(C)CC1. The van der Waals surface area contributed by atoms with Gasteiger partial charge in [-0.2, -0.15) is 0 Å². The number of hydrogen-bond acceptors (Lipinski definition) is 6. The number of aliphatic hydroxyl groups is 1. The van der Waals surface area contributed by atoms with E-state index in [0.717, 1.165) is 42.7 Å². The normalized spacial score (nSPS) is 17.6. The molecule has 2 aromatic heterocycles. The van der Waals surface area contributed by atoms with E-state index >= 15 is 0 Å². The number of likely N-dealkylation sites (N-methyl/N-ethyl adjacent to an activating group) is 1. The van der Waals surface area contributed by atoms with Crippen molar-refractivity contribution in [2.75, 3.05) is 46.9 Å². The van der Waals surface area contributed by atoms with Crippen molar-refractivity contribution in [2.45, 2.75) is 12.6 Å². The minimum Gasteiger partial charge on any atom is -0.464 e. The van der Waals surface area contributed by atoms with Gasteiger partial charge in [0.1, 0.15) is 11.3 Å². The Morgan fingerprint density at radius 1 is 1.19 bits per heavy atom. The second-order valence-electron chi connectivity index (χ2n) is 7.20. The van der Waals surface area contributed by atoms with Crippen LogP contribution in [0.5, 0.6) is 0 Å². The summed E-state index contributed by atoms with van der Waals surface area (Å²) in [5.74, 6) is -0.433. The van der Waals surface area contributed by atoms with E-state index in [4.69, 9.17) is 9.15 Å². The average molecular weight is 371 g/mol. The highest BCUT2D eigenvalue weighted by atomic mass is 16.5. The summed E-state index contributed by atoms with van der Waals surface area (Å²) >= 11 is 0. The van der Waals surface area contributed by atoms with E-state index in [1.165, 1.54) is 7.11 Å². The molecule has 1 aromatic carbocycles. The van der Waals surface area contributed by atoms with Crippen molar-refractivity contribution in [2.24, 2.45) is 0 Å². The van der Waals surface area contributed by atoms with Crippen LogP contribution < -0.4 is 0 Å². The van der Waals surface area contributed by atoms with Gasteiger partial charge in [-0.3, -0.25) is 4.90 Å². The Balaban J connectivity index is 1.65. The predicted molar refractivity (Wildman–Crippen MR) is 103 cm³/mol. The number of nitrogens with zero attached hydrogens (tertiary/aromatic N) is 3. The topological polar surface area (TPSA) is 71.1 Å². The number of esters is 1. The number of piperazine rings is 1. The van der Waals surface area contributed by atoms with Crippen LogP contribution >= 0.6 is 0 Å². The maximum Gasteiger partial charge on any atom is 0.354 e. The third kappa shape index (κ3) is 3.45. The van der Waals surface area contributed by atoms with Gasteiger partial charge in [0.05, 0.1) is 25.3 Å². The number of ether oxygens (including phenoxy) is 1.